The van der Waals surface area contributed by atoms with Crippen LogP contribution in [0.5, 0.6) is 0 Å². The Labute approximate surface area is 526 Å². The molecule has 440 valence electrons. The Hall–Kier alpha value is -5.28. The first-order chi connectivity index (χ1) is 41.3. The van der Waals surface area contributed by atoms with E-state index in [4.69, 9.17) is 0 Å². The summed E-state index contributed by atoms with van der Waals surface area (Å²) in [6, 6.07) is 69.1. The zero-order valence-electron chi connectivity index (χ0n) is 51.9. The largest absolute Gasteiger partial charge is 0.0654 e. The Kier molecular flexibility index (Phi) is 24.4. The van der Waals surface area contributed by atoms with Crippen molar-refractivity contribution in [1.82, 2.24) is 0 Å². The van der Waals surface area contributed by atoms with Crippen LogP contribution >= 0.6 is 31.9 Å². The van der Waals surface area contributed by atoms with E-state index in [1.165, 1.54) is 247 Å². The predicted octanol–water partition coefficient (Wildman–Crippen LogP) is 27.1. The van der Waals surface area contributed by atoms with Gasteiger partial charge >= 0.3 is 0 Å². The highest BCUT2D eigenvalue weighted by Gasteiger charge is 2.44. The molecule has 2 heteroatoms. The monoisotopic (exact) mass is 1240 g/mol. The zero-order chi connectivity index (χ0) is 58.4. The molecule has 10 rings (SSSR count). The molecule has 0 fully saturated rings. The fourth-order valence-electron chi connectivity index (χ4n) is 14.4. The molecule has 0 heterocycles. The van der Waals surface area contributed by atoms with E-state index in [0.717, 1.165) is 8.95 Å². The highest BCUT2D eigenvalue weighted by atomic mass is 79.9. The second-order valence-electron chi connectivity index (χ2n) is 25.0. The van der Waals surface area contributed by atoms with Crippen LogP contribution in [-0.2, 0) is 10.8 Å². The van der Waals surface area contributed by atoms with Gasteiger partial charge in [-0.25, -0.2) is 0 Å². The fourth-order valence-corrected chi connectivity index (χ4v) is 14.9. The van der Waals surface area contributed by atoms with Gasteiger partial charge in [0.2, 0.25) is 0 Å². The Morgan fingerprint density at radius 2 is 0.440 bits per heavy atom. The topological polar surface area (TPSA) is 0 Å². The Bertz CT molecular complexity index is 3020. The van der Waals surface area contributed by atoms with Gasteiger partial charge in [-0.15, -0.1) is 0 Å². The Morgan fingerprint density at radius 1 is 0.226 bits per heavy atom. The summed E-state index contributed by atoms with van der Waals surface area (Å²) in [6.45, 7) is 9.26. The third-order valence-electron chi connectivity index (χ3n) is 19.1. The van der Waals surface area contributed by atoms with Gasteiger partial charge in [0.1, 0.15) is 0 Å². The van der Waals surface area contributed by atoms with Gasteiger partial charge in [0, 0.05) is 19.8 Å². The first kappa shape index (κ1) is 63.2. The molecule has 8 aromatic carbocycles. The lowest BCUT2D eigenvalue weighted by Crippen LogP contribution is -2.25. The summed E-state index contributed by atoms with van der Waals surface area (Å²) in [7, 11) is 0. The maximum Gasteiger partial charge on any atom is 0.0215 e. The fraction of sp³-hybridized carbons (Fsp3) is 0.415. The van der Waals surface area contributed by atoms with Gasteiger partial charge in [0.25, 0.3) is 0 Å². The molecular formula is C82H98Br2. The minimum absolute atomic E-state index is 0.0664. The molecule has 2 aliphatic rings. The standard InChI is InChI=1S/C41H48Br2.C41H50/c1-3-5-7-9-11-13-27-41(28-14-12-10-8-6-4-2)39-29-33(31-15-21-35(42)22-16-31)19-25-37(39)38-26-20-34(30-40(38)41)32-17-23-36(43)24-18-32;1-3-5-7-9-11-19-29-41(30-20-12-10-8-6-4-2)39-31-35(33-21-15-13-16-22-33)25-27-37(39)38-28-26-36(32-40(38)41)34-23-17-14-18-24-34/h15-26,29-30H,3-14,27-28H2,1-2H3;13-18,21-28,31-32H,3-12,19-20,29-30H2,1-2H3. The number of hydrogen-bond acceptors (Lipinski definition) is 0. The van der Waals surface area contributed by atoms with Crippen LogP contribution in [0, 0.1) is 0 Å². The number of unbranched alkanes of at least 4 members (excludes halogenated alkanes) is 20. The molecule has 0 nitrogen and oxygen atoms in total. The van der Waals surface area contributed by atoms with Crippen LogP contribution in [0.3, 0.4) is 0 Å². The van der Waals surface area contributed by atoms with E-state index in [1.807, 2.05) is 0 Å². The number of fused-ring (bicyclic) bond motifs is 6. The molecule has 0 aromatic heterocycles. The van der Waals surface area contributed by atoms with Crippen molar-refractivity contribution in [2.75, 3.05) is 0 Å². The molecule has 84 heavy (non-hydrogen) atoms. The van der Waals surface area contributed by atoms with Gasteiger partial charge < -0.3 is 0 Å². The van der Waals surface area contributed by atoms with E-state index in [1.54, 1.807) is 22.3 Å². The molecule has 0 aliphatic heterocycles. The summed E-state index contributed by atoms with van der Waals surface area (Å²) in [5, 5.41) is 0. The smallest absolute Gasteiger partial charge is 0.0215 e. The van der Waals surface area contributed by atoms with Gasteiger partial charge in [-0.3, -0.25) is 0 Å². The molecular weight excluding hydrogens is 1140 g/mol. The lowest BCUT2D eigenvalue weighted by atomic mass is 9.70. The molecule has 0 radical (unpaired) electrons. The summed E-state index contributed by atoms with van der Waals surface area (Å²) in [4.78, 5) is 0. The third-order valence-corrected chi connectivity index (χ3v) is 20.2. The molecule has 0 N–H and O–H groups in total. The van der Waals surface area contributed by atoms with Gasteiger partial charge in [-0.2, -0.15) is 0 Å². The molecule has 2 aliphatic carbocycles. The summed E-state index contributed by atoms with van der Waals surface area (Å²) >= 11 is 7.27. The quantitative estimate of drug-likeness (QED) is 0.0369. The Balaban J connectivity index is 0.000000202. The zero-order valence-corrected chi connectivity index (χ0v) is 55.0. The van der Waals surface area contributed by atoms with Crippen molar-refractivity contribution in [3.63, 3.8) is 0 Å². The maximum absolute atomic E-state index is 3.63. The molecule has 0 atom stereocenters. The summed E-state index contributed by atoms with van der Waals surface area (Å²) in [5.41, 5.74) is 22.9. The molecule has 0 bridgehead atoms. The first-order valence-corrected chi connectivity index (χ1v) is 35.1. The SMILES string of the molecule is CCCCCCCCC1(CCCCCCCC)c2cc(-c3ccc(Br)cc3)ccc2-c2ccc(-c3ccc(Br)cc3)cc21.CCCCCCCCC1(CCCCCCCC)c2cc(-c3ccccc3)ccc2-c2ccc(-c3ccccc3)cc21. The Morgan fingerprint density at radius 3 is 0.690 bits per heavy atom. The van der Waals surface area contributed by atoms with E-state index in [9.17, 15) is 0 Å². The summed E-state index contributed by atoms with van der Waals surface area (Å²) < 4.78 is 2.26. The van der Waals surface area contributed by atoms with Crippen molar-refractivity contribution in [2.45, 2.75) is 218 Å². The van der Waals surface area contributed by atoms with Crippen molar-refractivity contribution >= 4 is 31.9 Å². The lowest BCUT2D eigenvalue weighted by molar-refractivity contribution is 0.398. The number of benzene rings is 8. The van der Waals surface area contributed by atoms with Crippen molar-refractivity contribution in [3.8, 4) is 66.8 Å². The van der Waals surface area contributed by atoms with Crippen molar-refractivity contribution in [3.05, 3.63) is 213 Å². The van der Waals surface area contributed by atoms with Crippen LogP contribution in [0.2, 0.25) is 0 Å². The van der Waals surface area contributed by atoms with E-state index in [-0.39, 0.29) is 10.8 Å². The molecule has 0 saturated heterocycles. The average Bonchev–Trinajstić information content (AvgIpc) is 1.83. The highest BCUT2D eigenvalue weighted by molar-refractivity contribution is 9.10. The van der Waals surface area contributed by atoms with E-state index < -0.39 is 0 Å². The first-order valence-electron chi connectivity index (χ1n) is 33.5. The molecule has 0 unspecified atom stereocenters. The lowest BCUT2D eigenvalue weighted by Gasteiger charge is -2.33. The average molecular weight is 1240 g/mol. The summed E-state index contributed by atoms with van der Waals surface area (Å²) in [6.07, 6.45) is 37.2. The summed E-state index contributed by atoms with van der Waals surface area (Å²) in [5.74, 6) is 0. The van der Waals surface area contributed by atoms with Crippen LogP contribution in [0.15, 0.2) is 191 Å². The van der Waals surface area contributed by atoms with Gasteiger partial charge in [-0.05, 0) is 163 Å². The van der Waals surface area contributed by atoms with Crippen LogP contribution in [0.4, 0.5) is 0 Å². The van der Waals surface area contributed by atoms with Crippen LogP contribution in [0.25, 0.3) is 66.8 Å². The highest BCUT2D eigenvalue weighted by Crippen LogP contribution is 2.58. The van der Waals surface area contributed by atoms with Crippen molar-refractivity contribution in [2.24, 2.45) is 0 Å². The molecule has 8 aromatic rings. The van der Waals surface area contributed by atoms with Crippen LogP contribution in [-0.4, -0.2) is 0 Å². The van der Waals surface area contributed by atoms with E-state index >= 15 is 0 Å². The maximum atomic E-state index is 3.63. The molecule has 0 spiro atoms. The number of hydrogen-bond donors (Lipinski definition) is 0. The van der Waals surface area contributed by atoms with E-state index in [0.29, 0.717) is 0 Å². The van der Waals surface area contributed by atoms with Gasteiger partial charge in [0.15, 0.2) is 0 Å². The number of halogens is 2. The minimum atomic E-state index is 0.0664. The minimum Gasteiger partial charge on any atom is -0.0654 e. The van der Waals surface area contributed by atoms with Gasteiger partial charge in [-0.1, -0.05) is 347 Å². The van der Waals surface area contributed by atoms with Crippen LogP contribution in [0.1, 0.15) is 230 Å². The van der Waals surface area contributed by atoms with Crippen LogP contribution < -0.4 is 0 Å². The normalized spacial score (nSPS) is 13.2. The second kappa shape index (κ2) is 32.5. The van der Waals surface area contributed by atoms with Crippen molar-refractivity contribution < 1.29 is 0 Å². The van der Waals surface area contributed by atoms with Crippen molar-refractivity contribution in [1.29, 1.82) is 0 Å². The van der Waals surface area contributed by atoms with E-state index in [2.05, 4.69) is 242 Å². The second-order valence-corrected chi connectivity index (χ2v) is 26.9. The molecule has 0 amide bonds. The predicted molar refractivity (Wildman–Crippen MR) is 374 cm³/mol. The third kappa shape index (κ3) is 15.8. The van der Waals surface area contributed by atoms with Gasteiger partial charge in [0.05, 0.1) is 0 Å². The number of rotatable bonds is 32. The molecule has 0 saturated carbocycles.